The lowest BCUT2D eigenvalue weighted by molar-refractivity contribution is -0.0146. The van der Waals surface area contributed by atoms with Gasteiger partial charge >= 0.3 is 0 Å². The molecule has 1 aliphatic heterocycles. The minimum atomic E-state index is -0.271. The lowest BCUT2D eigenvalue weighted by Gasteiger charge is -2.37. The molecule has 0 spiro atoms. The van der Waals surface area contributed by atoms with Gasteiger partial charge in [-0.05, 0) is 12.8 Å². The third-order valence-corrected chi connectivity index (χ3v) is 2.87. The maximum atomic E-state index is 9.75. The molecule has 2 aliphatic rings. The zero-order valence-electron chi connectivity index (χ0n) is 7.85. The second-order valence-corrected chi connectivity index (χ2v) is 3.71. The van der Waals surface area contributed by atoms with Crippen LogP contribution in [0.25, 0.3) is 0 Å². The Morgan fingerprint density at radius 2 is 2.08 bits per heavy atom. The number of morpholine rings is 1. The Morgan fingerprint density at radius 1 is 1.31 bits per heavy atom. The van der Waals surface area contributed by atoms with Crippen molar-refractivity contribution in [2.24, 2.45) is 0 Å². The molecule has 0 bridgehead atoms. The SMILES string of the molecule is O[C@@H]1C=CCC[C@H]1N1CCOCC1. The zero-order valence-corrected chi connectivity index (χ0v) is 7.85. The minimum absolute atomic E-state index is 0.271. The van der Waals surface area contributed by atoms with Gasteiger partial charge in [0, 0.05) is 19.1 Å². The van der Waals surface area contributed by atoms with Crippen LogP contribution < -0.4 is 0 Å². The summed E-state index contributed by atoms with van der Waals surface area (Å²) in [6.07, 6.45) is 5.90. The summed E-state index contributed by atoms with van der Waals surface area (Å²) < 4.78 is 5.28. The molecule has 3 nitrogen and oxygen atoms in total. The van der Waals surface area contributed by atoms with Gasteiger partial charge in [-0.25, -0.2) is 0 Å². The molecule has 0 radical (unpaired) electrons. The normalized spacial score (nSPS) is 36.4. The third kappa shape index (κ3) is 2.10. The monoisotopic (exact) mass is 183 g/mol. The van der Waals surface area contributed by atoms with Crippen molar-refractivity contribution in [1.29, 1.82) is 0 Å². The highest BCUT2D eigenvalue weighted by Crippen LogP contribution is 2.18. The average Bonchev–Trinajstić information content (AvgIpc) is 2.20. The average molecular weight is 183 g/mol. The second-order valence-electron chi connectivity index (χ2n) is 3.71. The highest BCUT2D eigenvalue weighted by Gasteiger charge is 2.26. The molecule has 0 aromatic heterocycles. The van der Waals surface area contributed by atoms with Crippen molar-refractivity contribution < 1.29 is 9.84 Å². The van der Waals surface area contributed by atoms with Gasteiger partial charge in [-0.3, -0.25) is 4.90 Å². The fourth-order valence-electron chi connectivity index (χ4n) is 2.11. The van der Waals surface area contributed by atoms with Crippen molar-refractivity contribution in [3.63, 3.8) is 0 Å². The summed E-state index contributed by atoms with van der Waals surface area (Å²) in [5.74, 6) is 0. The maximum absolute atomic E-state index is 9.75. The van der Waals surface area contributed by atoms with E-state index in [1.165, 1.54) is 0 Å². The van der Waals surface area contributed by atoms with Crippen molar-refractivity contribution in [2.75, 3.05) is 26.3 Å². The van der Waals surface area contributed by atoms with Crippen LogP contribution in [0.15, 0.2) is 12.2 Å². The first-order chi connectivity index (χ1) is 6.38. The van der Waals surface area contributed by atoms with Crippen molar-refractivity contribution >= 4 is 0 Å². The predicted octanol–water partition coefficient (Wildman–Crippen LogP) is 0.398. The van der Waals surface area contributed by atoms with E-state index in [0.29, 0.717) is 6.04 Å². The molecule has 0 aromatic carbocycles. The van der Waals surface area contributed by atoms with Gasteiger partial charge in [0.05, 0.1) is 19.3 Å². The summed E-state index contributed by atoms with van der Waals surface area (Å²) in [7, 11) is 0. The third-order valence-electron chi connectivity index (χ3n) is 2.87. The molecule has 2 rings (SSSR count). The highest BCUT2D eigenvalue weighted by molar-refractivity contribution is 5.01. The van der Waals surface area contributed by atoms with Crippen LogP contribution in [-0.2, 0) is 4.74 Å². The lowest BCUT2D eigenvalue weighted by Crippen LogP contribution is -2.49. The van der Waals surface area contributed by atoms with Gasteiger partial charge in [-0.1, -0.05) is 12.2 Å². The van der Waals surface area contributed by atoms with E-state index in [4.69, 9.17) is 4.74 Å². The van der Waals surface area contributed by atoms with Gasteiger partial charge in [-0.15, -0.1) is 0 Å². The van der Waals surface area contributed by atoms with Crippen LogP contribution in [0.1, 0.15) is 12.8 Å². The quantitative estimate of drug-likeness (QED) is 0.597. The summed E-state index contributed by atoms with van der Waals surface area (Å²) in [4.78, 5) is 2.34. The molecule has 0 amide bonds. The summed E-state index contributed by atoms with van der Waals surface area (Å²) in [5, 5.41) is 9.75. The highest BCUT2D eigenvalue weighted by atomic mass is 16.5. The Kier molecular flexibility index (Phi) is 2.98. The molecule has 1 aliphatic carbocycles. The molecule has 0 saturated carbocycles. The molecule has 74 valence electrons. The van der Waals surface area contributed by atoms with Gasteiger partial charge < -0.3 is 9.84 Å². The first-order valence-corrected chi connectivity index (χ1v) is 5.04. The Balaban J connectivity index is 1.94. The topological polar surface area (TPSA) is 32.7 Å². The van der Waals surface area contributed by atoms with E-state index >= 15 is 0 Å². The molecular weight excluding hydrogens is 166 g/mol. The zero-order chi connectivity index (χ0) is 9.10. The van der Waals surface area contributed by atoms with Crippen molar-refractivity contribution in [3.05, 3.63) is 12.2 Å². The van der Waals surface area contributed by atoms with Gasteiger partial charge in [0.1, 0.15) is 0 Å². The number of rotatable bonds is 1. The van der Waals surface area contributed by atoms with E-state index in [1.54, 1.807) is 0 Å². The summed E-state index contributed by atoms with van der Waals surface area (Å²) in [5.41, 5.74) is 0. The molecule has 1 fully saturated rings. The molecule has 0 unspecified atom stereocenters. The van der Waals surface area contributed by atoms with E-state index < -0.39 is 0 Å². The van der Waals surface area contributed by atoms with Crippen LogP contribution in [0, 0.1) is 0 Å². The fourth-order valence-corrected chi connectivity index (χ4v) is 2.11. The lowest BCUT2D eigenvalue weighted by atomic mass is 9.97. The number of aliphatic hydroxyl groups is 1. The van der Waals surface area contributed by atoms with Crippen molar-refractivity contribution in [2.45, 2.75) is 25.0 Å². The van der Waals surface area contributed by atoms with Gasteiger partial charge in [0.15, 0.2) is 0 Å². The number of allylic oxidation sites excluding steroid dienone is 1. The molecule has 0 aromatic rings. The van der Waals surface area contributed by atoms with Crippen LogP contribution in [0.2, 0.25) is 0 Å². The summed E-state index contributed by atoms with van der Waals surface area (Å²) in [6.45, 7) is 3.56. The first kappa shape index (κ1) is 9.19. The maximum Gasteiger partial charge on any atom is 0.0876 e. The molecule has 1 heterocycles. The Bertz CT molecular complexity index is 187. The molecule has 3 heteroatoms. The second kappa shape index (κ2) is 4.22. The summed E-state index contributed by atoms with van der Waals surface area (Å²) >= 11 is 0. The predicted molar refractivity (Wildman–Crippen MR) is 50.6 cm³/mol. The van der Waals surface area contributed by atoms with Crippen molar-refractivity contribution in [3.8, 4) is 0 Å². The van der Waals surface area contributed by atoms with Gasteiger partial charge in [0.2, 0.25) is 0 Å². The fraction of sp³-hybridized carbons (Fsp3) is 0.800. The van der Waals surface area contributed by atoms with E-state index in [9.17, 15) is 5.11 Å². The molecule has 1 saturated heterocycles. The van der Waals surface area contributed by atoms with Gasteiger partial charge in [0.25, 0.3) is 0 Å². The van der Waals surface area contributed by atoms with Crippen molar-refractivity contribution in [1.82, 2.24) is 4.90 Å². The van der Waals surface area contributed by atoms with E-state index in [0.717, 1.165) is 39.1 Å². The number of hydrogen-bond acceptors (Lipinski definition) is 3. The van der Waals surface area contributed by atoms with Crippen LogP contribution in [0.5, 0.6) is 0 Å². The summed E-state index contributed by atoms with van der Waals surface area (Å²) in [6, 6.07) is 0.328. The first-order valence-electron chi connectivity index (χ1n) is 5.04. The van der Waals surface area contributed by atoms with Gasteiger partial charge in [-0.2, -0.15) is 0 Å². The van der Waals surface area contributed by atoms with E-state index in [1.807, 2.05) is 6.08 Å². The van der Waals surface area contributed by atoms with Crippen LogP contribution in [0.4, 0.5) is 0 Å². The Labute approximate surface area is 79.0 Å². The number of hydrogen-bond donors (Lipinski definition) is 1. The number of ether oxygens (including phenoxy) is 1. The van der Waals surface area contributed by atoms with E-state index in [2.05, 4.69) is 11.0 Å². The molecular formula is C10H17NO2. The minimum Gasteiger partial charge on any atom is -0.387 e. The smallest absolute Gasteiger partial charge is 0.0876 e. The number of nitrogens with zero attached hydrogens (tertiary/aromatic N) is 1. The largest absolute Gasteiger partial charge is 0.387 e. The molecule has 1 N–H and O–H groups in total. The standard InChI is InChI=1S/C10H17NO2/c12-10-4-2-1-3-9(10)11-5-7-13-8-6-11/h2,4,9-10,12H,1,3,5-8H2/t9-,10-/m1/s1. The Hall–Kier alpha value is -0.380. The van der Waals surface area contributed by atoms with E-state index in [-0.39, 0.29) is 6.10 Å². The van der Waals surface area contributed by atoms with Crippen LogP contribution >= 0.6 is 0 Å². The van der Waals surface area contributed by atoms with Crippen LogP contribution in [0.3, 0.4) is 0 Å². The number of aliphatic hydroxyl groups excluding tert-OH is 1. The molecule has 2 atom stereocenters. The Morgan fingerprint density at radius 3 is 2.77 bits per heavy atom. The molecule has 13 heavy (non-hydrogen) atoms. The van der Waals surface area contributed by atoms with Crippen LogP contribution in [-0.4, -0.2) is 48.5 Å².